The average Bonchev–Trinajstić information content (AvgIpc) is 2.45. The molecule has 0 spiro atoms. The first-order valence-corrected chi connectivity index (χ1v) is 16.0. The number of unbranched alkanes of at least 4 members (excludes halogenated alkanes) is 13. The van der Waals surface area contributed by atoms with E-state index in [0.717, 1.165) is 4.48 Å². The Kier molecular flexibility index (Phi) is 21.9. The van der Waals surface area contributed by atoms with Gasteiger partial charge in [-0.2, -0.15) is 0 Å². The zero-order valence-electron chi connectivity index (χ0n) is 16.9. The van der Waals surface area contributed by atoms with E-state index in [9.17, 15) is 0 Å². The molecule has 0 fully saturated rings. The first kappa shape index (κ1) is 28.8. The number of nitrogens with zero attached hydrogens (tertiary/aromatic N) is 1. The van der Waals surface area contributed by atoms with Crippen LogP contribution < -0.4 is 0 Å². The van der Waals surface area contributed by atoms with Gasteiger partial charge in [0.05, 0.1) is 27.7 Å². The van der Waals surface area contributed by atoms with Crippen molar-refractivity contribution in [2.45, 2.75) is 96.8 Å². The summed E-state index contributed by atoms with van der Waals surface area (Å²) in [5.74, 6) is 0. The second-order valence-electron chi connectivity index (χ2n) is 7.91. The van der Waals surface area contributed by atoms with Crippen molar-refractivity contribution in [2.24, 2.45) is 0 Å². The minimum absolute atomic E-state index is 1.12. The molecule has 0 aliphatic rings. The topological polar surface area (TPSA) is 0 Å². The van der Waals surface area contributed by atoms with E-state index in [4.69, 9.17) is 40.4 Å². The second kappa shape index (κ2) is 19.0. The van der Waals surface area contributed by atoms with Crippen LogP contribution in [0.4, 0.5) is 0 Å². The third kappa shape index (κ3) is 41.2. The van der Waals surface area contributed by atoms with Crippen LogP contribution in [0.2, 0.25) is 0 Å². The van der Waals surface area contributed by atoms with Crippen molar-refractivity contribution in [2.75, 3.05) is 27.7 Å². The van der Waals surface area contributed by atoms with E-state index >= 15 is 0 Å². The maximum absolute atomic E-state index is 4.95. The van der Waals surface area contributed by atoms with Gasteiger partial charge in [-0.25, -0.2) is 0 Å². The summed E-state index contributed by atoms with van der Waals surface area (Å²) < 4.78 is 1.12. The molecule has 25 heavy (non-hydrogen) atoms. The normalized spacial score (nSPS) is 12.6. The van der Waals surface area contributed by atoms with Crippen molar-refractivity contribution in [3.63, 3.8) is 0 Å². The molecule has 0 aromatic carbocycles. The molecule has 0 radical (unpaired) electrons. The van der Waals surface area contributed by atoms with Crippen LogP contribution in [0.1, 0.15) is 96.8 Å². The van der Waals surface area contributed by atoms with E-state index in [0.29, 0.717) is 0 Å². The third-order valence-corrected chi connectivity index (χ3v) is 4.18. The van der Waals surface area contributed by atoms with Gasteiger partial charge in [-0.05, 0) is 12.8 Å². The predicted molar refractivity (Wildman–Crippen MR) is 117 cm³/mol. The van der Waals surface area contributed by atoms with Gasteiger partial charge in [0.1, 0.15) is 0 Å². The summed E-state index contributed by atoms with van der Waals surface area (Å²) in [4.78, 5) is 0. The van der Waals surface area contributed by atoms with Gasteiger partial charge < -0.3 is 4.48 Å². The summed E-state index contributed by atoms with van der Waals surface area (Å²) >= 11 is 0. The first-order chi connectivity index (χ1) is 11.6. The minimum atomic E-state index is -2.61. The van der Waals surface area contributed by atoms with Crippen LogP contribution >= 0.6 is 40.4 Å². The molecular weight excluding hydrogens is 440 g/mol. The molecule has 0 aromatic heterocycles. The molecule has 0 aliphatic heterocycles. The van der Waals surface area contributed by atoms with Gasteiger partial charge in [-0.3, -0.25) is 0 Å². The Morgan fingerprint density at radius 2 is 0.760 bits per heavy atom. The van der Waals surface area contributed by atoms with Gasteiger partial charge in [0.2, 0.25) is 0 Å². The molecular formula is C19H42Cl4FeN. The summed E-state index contributed by atoms with van der Waals surface area (Å²) in [6.45, 7) is 3.63. The van der Waals surface area contributed by atoms with E-state index in [-0.39, 0.29) is 0 Å². The van der Waals surface area contributed by atoms with Gasteiger partial charge >= 0.3 is 49.6 Å². The molecule has 0 bridgehead atoms. The van der Waals surface area contributed by atoms with Crippen molar-refractivity contribution < 1.29 is 13.7 Å². The third-order valence-electron chi connectivity index (χ3n) is 4.18. The van der Waals surface area contributed by atoms with E-state index < -0.39 is 9.20 Å². The second-order valence-corrected chi connectivity index (χ2v) is 18.9. The number of rotatable bonds is 15. The summed E-state index contributed by atoms with van der Waals surface area (Å²) in [7, 11) is 24.1. The van der Waals surface area contributed by atoms with Gasteiger partial charge in [0, 0.05) is 0 Å². The van der Waals surface area contributed by atoms with Crippen LogP contribution in [0.15, 0.2) is 0 Å². The molecule has 159 valence electrons. The average molecular weight is 482 g/mol. The molecule has 0 aromatic rings. The molecule has 6 heteroatoms. The Morgan fingerprint density at radius 3 is 1.00 bits per heavy atom. The van der Waals surface area contributed by atoms with E-state index in [2.05, 4.69) is 28.1 Å². The fourth-order valence-electron chi connectivity index (χ4n) is 2.78. The van der Waals surface area contributed by atoms with Crippen molar-refractivity contribution in [3.05, 3.63) is 0 Å². The zero-order chi connectivity index (χ0) is 19.6. The van der Waals surface area contributed by atoms with E-state index in [1.165, 1.54) is 96.4 Å². The molecule has 0 N–H and O–H groups in total. The zero-order valence-corrected chi connectivity index (χ0v) is 21.0. The van der Waals surface area contributed by atoms with Gasteiger partial charge in [0.25, 0.3) is 0 Å². The molecule has 1 nitrogen and oxygen atoms in total. The van der Waals surface area contributed by atoms with Crippen molar-refractivity contribution in [1.82, 2.24) is 0 Å². The Balaban J connectivity index is 0. The molecule has 0 saturated heterocycles. The monoisotopic (exact) mass is 480 g/mol. The Labute approximate surface area is 177 Å². The number of hydrogen-bond donors (Lipinski definition) is 0. The van der Waals surface area contributed by atoms with Crippen LogP contribution in [0.3, 0.4) is 0 Å². The van der Waals surface area contributed by atoms with Crippen LogP contribution in [0, 0.1) is 0 Å². The molecule has 0 amide bonds. The Morgan fingerprint density at radius 1 is 0.520 bits per heavy atom. The number of halogens is 4. The number of hydrogen-bond acceptors (Lipinski definition) is 0. The first-order valence-electron chi connectivity index (χ1n) is 9.90. The molecule has 0 atom stereocenters. The fraction of sp³-hybridized carbons (Fsp3) is 1.00. The summed E-state index contributed by atoms with van der Waals surface area (Å²) in [5.41, 5.74) is 0. The maximum atomic E-state index is 4.95. The van der Waals surface area contributed by atoms with Crippen LogP contribution in [-0.2, 0) is 9.20 Å². The molecule has 0 rings (SSSR count). The van der Waals surface area contributed by atoms with Gasteiger partial charge in [0.15, 0.2) is 0 Å². The van der Waals surface area contributed by atoms with Crippen molar-refractivity contribution >= 4 is 40.4 Å². The Hall–Kier alpha value is 1.64. The van der Waals surface area contributed by atoms with Crippen molar-refractivity contribution in [1.29, 1.82) is 0 Å². The molecule has 0 aliphatic carbocycles. The van der Waals surface area contributed by atoms with Crippen LogP contribution in [-0.4, -0.2) is 32.2 Å². The SMILES string of the molecule is CCCCCCCCCCCCCCCC[N+](C)(C)C.[Cl][Fe-]([Cl])([Cl])[Cl]. The molecule has 0 unspecified atom stereocenters. The standard InChI is InChI=1S/C19H42N.4ClH.Fe/c1-5-6-7-8-9-10-11-12-13-14-15-16-17-18-19-20(2,3)4;;;;;/h5-19H2,1-4H3;4*1H;/q+1;;;;;+3/p-4. The quantitative estimate of drug-likeness (QED) is 0.124. The Bertz CT molecular complexity index is 259. The fourth-order valence-corrected chi connectivity index (χ4v) is 2.78. The van der Waals surface area contributed by atoms with Crippen LogP contribution in [0.25, 0.3) is 0 Å². The summed E-state index contributed by atoms with van der Waals surface area (Å²) in [5, 5.41) is 0. The van der Waals surface area contributed by atoms with E-state index in [1.807, 2.05) is 0 Å². The van der Waals surface area contributed by atoms with Gasteiger partial charge in [-0.1, -0.05) is 84.0 Å². The molecule has 0 saturated carbocycles. The van der Waals surface area contributed by atoms with Gasteiger partial charge in [-0.15, -0.1) is 0 Å². The summed E-state index contributed by atoms with van der Waals surface area (Å²) in [6.07, 6.45) is 20.4. The van der Waals surface area contributed by atoms with E-state index in [1.54, 1.807) is 0 Å². The predicted octanol–water partition coefficient (Wildman–Crippen LogP) is 8.93. The summed E-state index contributed by atoms with van der Waals surface area (Å²) in [6, 6.07) is 0. The van der Waals surface area contributed by atoms with Crippen molar-refractivity contribution in [3.8, 4) is 0 Å². The molecule has 0 heterocycles. The van der Waals surface area contributed by atoms with Crippen LogP contribution in [0.5, 0.6) is 0 Å². The number of quaternary nitrogens is 1.